The first-order chi connectivity index (χ1) is 12.5. The van der Waals surface area contributed by atoms with Gasteiger partial charge in [0, 0.05) is 11.0 Å². The molecule has 0 aliphatic heterocycles. The monoisotopic (exact) mass is 373 g/mol. The van der Waals surface area contributed by atoms with E-state index in [1.807, 2.05) is 44.2 Å². The molecule has 0 atom stereocenters. The fourth-order valence-electron chi connectivity index (χ4n) is 2.56. The van der Waals surface area contributed by atoms with Gasteiger partial charge in [-0.1, -0.05) is 18.2 Å². The number of aromatic nitrogens is 2. The summed E-state index contributed by atoms with van der Waals surface area (Å²) in [7, 11) is 0. The van der Waals surface area contributed by atoms with Gasteiger partial charge in [-0.2, -0.15) is 5.10 Å². The van der Waals surface area contributed by atoms with E-state index in [0.717, 1.165) is 29.2 Å². The van der Waals surface area contributed by atoms with Gasteiger partial charge in [-0.05, 0) is 38.1 Å². The van der Waals surface area contributed by atoms with Crippen LogP contribution in [0, 0.1) is 25.5 Å². The predicted molar refractivity (Wildman–Crippen MR) is 98.7 cm³/mol. The molecule has 1 aromatic heterocycles. The molecule has 3 rings (SSSR count). The number of amides is 1. The highest BCUT2D eigenvalue weighted by atomic mass is 32.2. The number of rotatable bonds is 5. The molecule has 0 unspecified atom stereocenters. The van der Waals surface area contributed by atoms with E-state index < -0.39 is 11.6 Å². The Hall–Kier alpha value is -2.67. The summed E-state index contributed by atoms with van der Waals surface area (Å²) < 4.78 is 28.3. The molecule has 2 aromatic carbocycles. The zero-order chi connectivity index (χ0) is 18.7. The average Bonchev–Trinajstić information content (AvgIpc) is 2.90. The third-order valence-corrected chi connectivity index (χ3v) is 4.86. The van der Waals surface area contributed by atoms with E-state index in [1.165, 1.54) is 12.1 Å². The van der Waals surface area contributed by atoms with E-state index in [0.29, 0.717) is 11.4 Å². The molecule has 0 spiro atoms. The van der Waals surface area contributed by atoms with Crippen LogP contribution >= 0.6 is 11.8 Å². The smallest absolute Gasteiger partial charge is 0.234 e. The molecule has 1 amide bonds. The summed E-state index contributed by atoms with van der Waals surface area (Å²) in [4.78, 5) is 12.5. The van der Waals surface area contributed by atoms with Gasteiger partial charge in [-0.3, -0.25) is 4.79 Å². The van der Waals surface area contributed by atoms with E-state index in [1.54, 1.807) is 4.68 Å². The number of para-hydroxylation sites is 1. The lowest BCUT2D eigenvalue weighted by molar-refractivity contribution is -0.113. The van der Waals surface area contributed by atoms with Crippen molar-refractivity contribution in [3.05, 3.63) is 71.6 Å². The maximum absolute atomic E-state index is 13.6. The van der Waals surface area contributed by atoms with Crippen molar-refractivity contribution in [2.24, 2.45) is 0 Å². The molecule has 134 valence electrons. The zero-order valence-electron chi connectivity index (χ0n) is 14.3. The Kier molecular flexibility index (Phi) is 5.37. The second-order valence-electron chi connectivity index (χ2n) is 5.70. The Morgan fingerprint density at radius 2 is 1.88 bits per heavy atom. The Balaban J connectivity index is 1.71. The lowest BCUT2D eigenvalue weighted by Crippen LogP contribution is -2.15. The number of thioether (sulfide) groups is 1. The summed E-state index contributed by atoms with van der Waals surface area (Å²) in [6.07, 6.45) is 0. The van der Waals surface area contributed by atoms with Crippen molar-refractivity contribution in [1.82, 2.24) is 9.78 Å². The minimum Gasteiger partial charge on any atom is -0.322 e. The highest BCUT2D eigenvalue weighted by Gasteiger charge is 2.16. The van der Waals surface area contributed by atoms with E-state index in [9.17, 15) is 13.6 Å². The largest absolute Gasteiger partial charge is 0.322 e. The molecule has 0 fully saturated rings. The van der Waals surface area contributed by atoms with Gasteiger partial charge in [0.05, 0.1) is 28.5 Å². The number of benzene rings is 2. The summed E-state index contributed by atoms with van der Waals surface area (Å²) >= 11 is 1.02. The normalized spacial score (nSPS) is 10.8. The van der Waals surface area contributed by atoms with Crippen LogP contribution in [-0.2, 0) is 4.79 Å². The van der Waals surface area contributed by atoms with Gasteiger partial charge in [0.25, 0.3) is 0 Å². The number of nitrogens with one attached hydrogen (secondary N) is 1. The Morgan fingerprint density at radius 3 is 2.58 bits per heavy atom. The van der Waals surface area contributed by atoms with Crippen LogP contribution in [0.4, 0.5) is 14.5 Å². The van der Waals surface area contributed by atoms with Crippen LogP contribution in [0.1, 0.15) is 11.4 Å². The van der Waals surface area contributed by atoms with Gasteiger partial charge in [0.15, 0.2) is 0 Å². The molecule has 0 aliphatic rings. The summed E-state index contributed by atoms with van der Waals surface area (Å²) in [6.45, 7) is 3.68. The van der Waals surface area contributed by atoms with Gasteiger partial charge < -0.3 is 5.32 Å². The molecular weight excluding hydrogens is 356 g/mol. The number of aryl methyl sites for hydroxylation is 1. The SMILES string of the molecule is Cc1nn(-c2ccccc2)c(C)c1NC(=O)CSc1ccc(F)cc1F. The highest BCUT2D eigenvalue weighted by Crippen LogP contribution is 2.25. The Morgan fingerprint density at radius 1 is 1.15 bits per heavy atom. The number of hydrogen-bond acceptors (Lipinski definition) is 3. The molecule has 1 heterocycles. The molecule has 0 radical (unpaired) electrons. The summed E-state index contributed by atoms with van der Waals surface area (Å²) in [5.41, 5.74) is 3.04. The average molecular weight is 373 g/mol. The van der Waals surface area contributed by atoms with Crippen LogP contribution in [0.3, 0.4) is 0 Å². The van der Waals surface area contributed by atoms with Crippen LogP contribution < -0.4 is 5.32 Å². The zero-order valence-corrected chi connectivity index (χ0v) is 15.1. The van der Waals surface area contributed by atoms with Crippen LogP contribution in [0.5, 0.6) is 0 Å². The van der Waals surface area contributed by atoms with Gasteiger partial charge in [-0.25, -0.2) is 13.5 Å². The molecule has 1 N–H and O–H groups in total. The molecule has 0 saturated carbocycles. The Bertz CT molecular complexity index is 941. The molecule has 4 nitrogen and oxygen atoms in total. The van der Waals surface area contributed by atoms with Gasteiger partial charge in [0.2, 0.25) is 5.91 Å². The van der Waals surface area contributed by atoms with Crippen molar-refractivity contribution in [1.29, 1.82) is 0 Å². The number of nitrogens with zero attached hydrogens (tertiary/aromatic N) is 2. The van der Waals surface area contributed by atoms with Crippen molar-refractivity contribution >= 4 is 23.4 Å². The second kappa shape index (κ2) is 7.70. The topological polar surface area (TPSA) is 46.9 Å². The van der Waals surface area contributed by atoms with E-state index in [-0.39, 0.29) is 16.6 Å². The highest BCUT2D eigenvalue weighted by molar-refractivity contribution is 8.00. The van der Waals surface area contributed by atoms with E-state index in [4.69, 9.17) is 0 Å². The fourth-order valence-corrected chi connectivity index (χ4v) is 3.28. The molecule has 3 aromatic rings. The number of carbonyl (C=O) groups excluding carboxylic acids is 1. The molecule has 0 aliphatic carbocycles. The minimum atomic E-state index is -0.674. The lowest BCUT2D eigenvalue weighted by atomic mass is 10.3. The van der Waals surface area contributed by atoms with Crippen LogP contribution in [0.2, 0.25) is 0 Å². The lowest BCUT2D eigenvalue weighted by Gasteiger charge is -2.07. The van der Waals surface area contributed by atoms with Crippen molar-refractivity contribution < 1.29 is 13.6 Å². The third kappa shape index (κ3) is 3.94. The van der Waals surface area contributed by atoms with E-state index in [2.05, 4.69) is 10.4 Å². The first-order valence-electron chi connectivity index (χ1n) is 7.95. The molecule has 0 bridgehead atoms. The first kappa shape index (κ1) is 18.1. The van der Waals surface area contributed by atoms with Gasteiger partial charge in [0.1, 0.15) is 11.6 Å². The molecular formula is C19H17F2N3OS. The second-order valence-corrected chi connectivity index (χ2v) is 6.72. The van der Waals surface area contributed by atoms with Crippen LogP contribution in [0.15, 0.2) is 53.4 Å². The maximum atomic E-state index is 13.6. The minimum absolute atomic E-state index is 0.0119. The van der Waals surface area contributed by atoms with Crippen molar-refractivity contribution in [2.45, 2.75) is 18.7 Å². The first-order valence-corrected chi connectivity index (χ1v) is 8.93. The maximum Gasteiger partial charge on any atom is 0.234 e. The number of carbonyl (C=O) groups is 1. The van der Waals surface area contributed by atoms with Crippen molar-refractivity contribution in [3.8, 4) is 5.69 Å². The Labute approximate surface area is 154 Å². The number of anilines is 1. The van der Waals surface area contributed by atoms with Crippen molar-refractivity contribution in [2.75, 3.05) is 11.1 Å². The standard InChI is InChI=1S/C19H17F2N3OS/c1-12-19(13(2)24(23-12)15-6-4-3-5-7-15)22-18(25)11-26-17-9-8-14(20)10-16(17)21/h3-10H,11H2,1-2H3,(H,22,25). The summed E-state index contributed by atoms with van der Waals surface area (Å²) in [5.74, 6) is -1.58. The number of halogens is 2. The van der Waals surface area contributed by atoms with E-state index >= 15 is 0 Å². The number of hydrogen-bond donors (Lipinski definition) is 1. The third-order valence-electron chi connectivity index (χ3n) is 3.81. The molecule has 26 heavy (non-hydrogen) atoms. The summed E-state index contributed by atoms with van der Waals surface area (Å²) in [6, 6.07) is 12.9. The van der Waals surface area contributed by atoms with Crippen molar-refractivity contribution in [3.63, 3.8) is 0 Å². The fraction of sp³-hybridized carbons (Fsp3) is 0.158. The predicted octanol–water partition coefficient (Wildman–Crippen LogP) is 4.50. The molecule has 7 heteroatoms. The molecule has 0 saturated heterocycles. The van der Waals surface area contributed by atoms with Crippen LogP contribution in [0.25, 0.3) is 5.69 Å². The summed E-state index contributed by atoms with van der Waals surface area (Å²) in [5, 5.41) is 7.30. The van der Waals surface area contributed by atoms with Crippen LogP contribution in [-0.4, -0.2) is 21.4 Å². The van der Waals surface area contributed by atoms with Gasteiger partial charge in [-0.15, -0.1) is 11.8 Å². The quantitative estimate of drug-likeness (QED) is 0.670. The van der Waals surface area contributed by atoms with Gasteiger partial charge >= 0.3 is 0 Å².